The van der Waals surface area contributed by atoms with Crippen molar-refractivity contribution in [2.24, 2.45) is 0 Å². The van der Waals surface area contributed by atoms with E-state index >= 15 is 0 Å². The number of rotatable bonds is 5. The smallest absolute Gasteiger partial charge is 0.260 e. The van der Waals surface area contributed by atoms with E-state index in [1.807, 2.05) is 43.3 Å². The normalized spacial score (nSPS) is 10.8. The summed E-state index contributed by atoms with van der Waals surface area (Å²) < 4.78 is 15.3. The molecule has 0 atom stereocenters. The number of aryl methyl sites for hydroxylation is 1. The summed E-state index contributed by atoms with van der Waals surface area (Å²) in [6.07, 6.45) is 2.89. The summed E-state index contributed by atoms with van der Waals surface area (Å²) in [5, 5.41) is 3.96. The van der Waals surface area contributed by atoms with Crippen LogP contribution >= 0.6 is 11.5 Å². The first kappa shape index (κ1) is 18.0. The Morgan fingerprint density at radius 1 is 1.18 bits per heavy atom. The maximum atomic E-state index is 12.7. The summed E-state index contributed by atoms with van der Waals surface area (Å²) in [4.78, 5) is 20.1. The number of nitrogens with one attached hydrogen (secondary N) is 2. The van der Waals surface area contributed by atoms with Crippen molar-refractivity contribution in [1.82, 2.24) is 14.3 Å². The highest BCUT2D eigenvalue weighted by molar-refractivity contribution is 7.10. The van der Waals surface area contributed by atoms with Crippen LogP contribution in [0.15, 0.2) is 36.4 Å². The maximum Gasteiger partial charge on any atom is 0.260 e. The van der Waals surface area contributed by atoms with Gasteiger partial charge < -0.3 is 14.5 Å². The van der Waals surface area contributed by atoms with Crippen LogP contribution in [0.2, 0.25) is 0 Å². The lowest BCUT2D eigenvalue weighted by Gasteiger charge is -2.11. The standard InChI is InChI=1S/C20H17N4O3S/c1-11-8-15(26-2)17(16(9-11)27-3)18-22-20(28-24-18)23-19(25)13-10-21-14-7-5-4-6-12(13)14/h4-9,21H,1-3H3,(H,22,23,24,25). The van der Waals surface area contributed by atoms with Crippen molar-refractivity contribution in [3.05, 3.63) is 53.7 Å². The van der Waals surface area contributed by atoms with Crippen LogP contribution in [0.5, 0.6) is 11.5 Å². The van der Waals surface area contributed by atoms with E-state index < -0.39 is 0 Å². The molecule has 0 bridgehead atoms. The van der Waals surface area contributed by atoms with Crippen LogP contribution in [0.3, 0.4) is 0 Å². The van der Waals surface area contributed by atoms with Gasteiger partial charge in [0, 0.05) is 22.4 Å². The van der Waals surface area contributed by atoms with Gasteiger partial charge in [-0.1, -0.05) is 18.2 Å². The lowest BCUT2D eigenvalue weighted by Crippen LogP contribution is -2.11. The first-order valence-corrected chi connectivity index (χ1v) is 9.24. The zero-order chi connectivity index (χ0) is 19.7. The van der Waals surface area contributed by atoms with Gasteiger partial charge in [-0.15, -0.1) is 0 Å². The number of aromatic nitrogens is 3. The number of amides is 1. The molecule has 7 nitrogen and oxygen atoms in total. The Balaban J connectivity index is 1.65. The van der Waals surface area contributed by atoms with Gasteiger partial charge in [0.2, 0.25) is 5.13 Å². The average molecular weight is 393 g/mol. The minimum absolute atomic E-state index is 0.303. The van der Waals surface area contributed by atoms with Crippen LogP contribution in [0.25, 0.3) is 22.3 Å². The summed E-state index contributed by atoms with van der Waals surface area (Å²) >= 11 is 1.09. The Kier molecular flexibility index (Phi) is 4.70. The molecule has 0 aliphatic carbocycles. The van der Waals surface area contributed by atoms with E-state index in [1.54, 1.807) is 14.2 Å². The number of methoxy groups -OCH3 is 2. The van der Waals surface area contributed by atoms with Crippen molar-refractivity contribution in [2.45, 2.75) is 6.92 Å². The molecule has 2 N–H and O–H groups in total. The molecule has 0 fully saturated rings. The highest BCUT2D eigenvalue weighted by Crippen LogP contribution is 2.39. The lowest BCUT2D eigenvalue weighted by molar-refractivity contribution is 0.102. The molecule has 28 heavy (non-hydrogen) atoms. The zero-order valence-corrected chi connectivity index (χ0v) is 16.3. The van der Waals surface area contributed by atoms with Gasteiger partial charge in [-0.25, -0.2) is 0 Å². The average Bonchev–Trinajstić information content (AvgIpc) is 3.34. The molecule has 1 amide bonds. The van der Waals surface area contributed by atoms with Gasteiger partial charge in [0.05, 0.1) is 26.0 Å². The molecule has 0 aliphatic heterocycles. The van der Waals surface area contributed by atoms with Crippen molar-refractivity contribution in [3.63, 3.8) is 0 Å². The third-order valence-corrected chi connectivity index (χ3v) is 4.90. The summed E-state index contributed by atoms with van der Waals surface area (Å²) in [6.45, 7) is 1.95. The summed E-state index contributed by atoms with van der Waals surface area (Å²) in [6, 6.07) is 11.3. The number of carbonyl (C=O) groups is 1. The van der Waals surface area contributed by atoms with E-state index in [4.69, 9.17) is 9.47 Å². The number of para-hydroxylation sites is 1. The Morgan fingerprint density at radius 3 is 2.61 bits per heavy atom. The number of H-pyrrole nitrogens is 1. The van der Waals surface area contributed by atoms with Crippen LogP contribution in [-0.4, -0.2) is 34.5 Å². The Hall–Kier alpha value is -3.39. The van der Waals surface area contributed by atoms with Crippen molar-refractivity contribution in [1.29, 1.82) is 0 Å². The number of fused-ring (bicyclic) bond motifs is 1. The molecule has 141 valence electrons. The van der Waals surface area contributed by atoms with Crippen LogP contribution in [0.1, 0.15) is 15.9 Å². The predicted octanol–water partition coefficient (Wildman–Crippen LogP) is 4.06. The molecular weight excluding hydrogens is 376 g/mol. The molecule has 2 aromatic carbocycles. The highest BCUT2D eigenvalue weighted by atomic mass is 32.1. The second-order valence-electron chi connectivity index (χ2n) is 6.09. The van der Waals surface area contributed by atoms with Crippen molar-refractivity contribution in [2.75, 3.05) is 19.5 Å². The lowest BCUT2D eigenvalue weighted by atomic mass is 10.1. The number of nitrogens with zero attached hydrogens (tertiary/aromatic N) is 2. The largest absolute Gasteiger partial charge is 0.496 e. The molecule has 0 spiro atoms. The van der Waals surface area contributed by atoms with Gasteiger partial charge in [0.25, 0.3) is 5.91 Å². The topological polar surface area (TPSA) is 89.1 Å². The van der Waals surface area contributed by atoms with Gasteiger partial charge in [-0.05, 0) is 30.7 Å². The van der Waals surface area contributed by atoms with Gasteiger partial charge in [0.15, 0.2) is 5.82 Å². The van der Waals surface area contributed by atoms with Gasteiger partial charge in [-0.2, -0.15) is 9.36 Å². The molecule has 8 heteroatoms. The number of ether oxygens (including phenoxy) is 2. The number of aromatic amines is 1. The fourth-order valence-electron chi connectivity index (χ4n) is 2.99. The Morgan fingerprint density at radius 2 is 1.89 bits per heavy atom. The van der Waals surface area contributed by atoms with Crippen LogP contribution in [0.4, 0.5) is 5.13 Å². The number of hydrogen-bond donors (Lipinski definition) is 2. The second-order valence-corrected chi connectivity index (χ2v) is 6.84. The quantitative estimate of drug-likeness (QED) is 0.534. The maximum absolute atomic E-state index is 12.7. The molecule has 0 aliphatic rings. The molecular formula is C20H17N4O3S. The van der Waals surface area contributed by atoms with E-state index in [9.17, 15) is 4.79 Å². The van der Waals surface area contributed by atoms with E-state index in [0.717, 1.165) is 28.0 Å². The Bertz CT molecular complexity index is 1140. The molecule has 0 unspecified atom stereocenters. The monoisotopic (exact) mass is 393 g/mol. The Labute approximate surface area is 165 Å². The molecule has 4 aromatic rings. The molecule has 4 rings (SSSR count). The van der Waals surface area contributed by atoms with Gasteiger partial charge in [0.1, 0.15) is 17.1 Å². The molecule has 1 radical (unpaired) electrons. The van der Waals surface area contributed by atoms with Gasteiger partial charge in [-0.3, -0.25) is 10.1 Å². The van der Waals surface area contributed by atoms with Crippen molar-refractivity contribution in [3.8, 4) is 22.9 Å². The third kappa shape index (κ3) is 3.18. The van der Waals surface area contributed by atoms with E-state index in [1.165, 1.54) is 0 Å². The molecule has 2 heterocycles. The zero-order valence-electron chi connectivity index (χ0n) is 15.5. The van der Waals surface area contributed by atoms with E-state index in [0.29, 0.717) is 33.6 Å². The summed E-state index contributed by atoms with van der Waals surface area (Å²) in [5.41, 5.74) is 2.92. The fourth-order valence-corrected chi connectivity index (χ4v) is 3.56. The summed E-state index contributed by atoms with van der Waals surface area (Å²) in [7, 11) is 3.17. The summed E-state index contributed by atoms with van der Waals surface area (Å²) in [5.74, 6) is 1.34. The fraction of sp³-hybridized carbons (Fsp3) is 0.150. The highest BCUT2D eigenvalue weighted by Gasteiger charge is 2.20. The van der Waals surface area contributed by atoms with Crippen molar-refractivity contribution < 1.29 is 14.3 Å². The van der Waals surface area contributed by atoms with Crippen LogP contribution < -0.4 is 14.8 Å². The van der Waals surface area contributed by atoms with E-state index in [-0.39, 0.29) is 5.91 Å². The third-order valence-electron chi connectivity index (χ3n) is 4.27. The number of benzene rings is 2. The van der Waals surface area contributed by atoms with Crippen LogP contribution in [0, 0.1) is 13.1 Å². The van der Waals surface area contributed by atoms with E-state index in [2.05, 4.69) is 25.9 Å². The first-order valence-electron chi connectivity index (χ1n) is 8.47. The predicted molar refractivity (Wildman–Crippen MR) is 108 cm³/mol. The van der Waals surface area contributed by atoms with Gasteiger partial charge >= 0.3 is 0 Å². The molecule has 0 saturated carbocycles. The number of anilines is 1. The van der Waals surface area contributed by atoms with Crippen molar-refractivity contribution >= 4 is 33.5 Å². The molecule has 2 aromatic heterocycles. The minimum atomic E-state index is -0.303. The first-order chi connectivity index (χ1) is 13.6. The van der Waals surface area contributed by atoms with Crippen LogP contribution in [-0.2, 0) is 0 Å². The number of carbonyl (C=O) groups excluding carboxylic acids is 1. The second kappa shape index (κ2) is 7.32. The SMILES string of the molecule is COc1cc(C)cc(OC)c1-c1nsc(NC(=O)c2[c][nH]c3ccccc23)n1. The molecule has 0 saturated heterocycles. The minimum Gasteiger partial charge on any atom is -0.496 e. The number of hydrogen-bond acceptors (Lipinski definition) is 6.